The lowest BCUT2D eigenvalue weighted by atomic mass is 9.95. The van der Waals surface area contributed by atoms with Crippen LogP contribution in [-0.4, -0.2) is 21.5 Å². The van der Waals surface area contributed by atoms with E-state index in [2.05, 4.69) is 77.6 Å². The minimum atomic E-state index is 0.589. The first-order valence-corrected chi connectivity index (χ1v) is 8.47. The number of para-hydroxylation sites is 1. The topological polar surface area (TPSA) is 34.0 Å². The fraction of sp³-hybridized carbons (Fsp3) is 0.300. The molecule has 2 aromatic carbocycles. The SMILES string of the molecule is CC(C)CN1Cc2ccccc2-c2c(nnn2C)-c2ccccc21. The van der Waals surface area contributed by atoms with E-state index >= 15 is 0 Å². The third-order valence-electron chi connectivity index (χ3n) is 4.55. The Balaban J connectivity index is 2.01. The molecule has 0 bridgehead atoms. The van der Waals surface area contributed by atoms with Crippen LogP contribution in [0.1, 0.15) is 19.4 Å². The number of fused-ring (bicyclic) bond motifs is 5. The maximum absolute atomic E-state index is 4.50. The van der Waals surface area contributed by atoms with Crippen LogP contribution >= 0.6 is 0 Å². The number of nitrogens with zero attached hydrogens (tertiary/aromatic N) is 4. The normalized spacial score (nSPS) is 13.1. The largest absolute Gasteiger partial charge is 0.366 e. The van der Waals surface area contributed by atoms with Gasteiger partial charge in [0.1, 0.15) is 5.69 Å². The molecular weight excluding hydrogens is 296 g/mol. The highest BCUT2D eigenvalue weighted by Crippen LogP contribution is 2.40. The van der Waals surface area contributed by atoms with E-state index in [0.717, 1.165) is 30.0 Å². The quantitative estimate of drug-likeness (QED) is 0.712. The van der Waals surface area contributed by atoms with Crippen molar-refractivity contribution in [1.82, 2.24) is 15.0 Å². The van der Waals surface area contributed by atoms with Crippen molar-refractivity contribution >= 4 is 5.69 Å². The van der Waals surface area contributed by atoms with Crippen LogP contribution in [0, 0.1) is 5.92 Å². The number of hydrogen-bond acceptors (Lipinski definition) is 3. The number of hydrogen-bond donors (Lipinski definition) is 0. The maximum atomic E-state index is 4.50. The molecule has 0 N–H and O–H groups in total. The van der Waals surface area contributed by atoms with Crippen molar-refractivity contribution in [2.24, 2.45) is 13.0 Å². The van der Waals surface area contributed by atoms with Crippen LogP contribution in [0.4, 0.5) is 5.69 Å². The molecule has 0 atom stereocenters. The molecule has 122 valence electrons. The van der Waals surface area contributed by atoms with Crippen molar-refractivity contribution in [2.45, 2.75) is 20.4 Å². The summed E-state index contributed by atoms with van der Waals surface area (Å²) in [6.07, 6.45) is 0. The maximum Gasteiger partial charge on any atom is 0.123 e. The van der Waals surface area contributed by atoms with Gasteiger partial charge in [-0.3, -0.25) is 0 Å². The molecule has 4 nitrogen and oxygen atoms in total. The second-order valence-corrected chi connectivity index (χ2v) is 6.86. The second kappa shape index (κ2) is 5.78. The molecule has 0 radical (unpaired) electrons. The summed E-state index contributed by atoms with van der Waals surface area (Å²) in [5.74, 6) is 0.589. The van der Waals surface area contributed by atoms with E-state index in [9.17, 15) is 0 Å². The highest BCUT2D eigenvalue weighted by atomic mass is 15.4. The summed E-state index contributed by atoms with van der Waals surface area (Å²) in [4.78, 5) is 2.47. The predicted octanol–water partition coefficient (Wildman–Crippen LogP) is 4.13. The van der Waals surface area contributed by atoms with Gasteiger partial charge in [0.2, 0.25) is 0 Å². The molecule has 2 heterocycles. The molecule has 4 heteroatoms. The number of rotatable bonds is 2. The van der Waals surface area contributed by atoms with Crippen LogP contribution in [-0.2, 0) is 13.6 Å². The molecule has 1 aromatic heterocycles. The lowest BCUT2D eigenvalue weighted by Crippen LogP contribution is -2.28. The minimum absolute atomic E-state index is 0.589. The summed E-state index contributed by atoms with van der Waals surface area (Å²) < 4.78 is 1.89. The highest BCUT2D eigenvalue weighted by Gasteiger charge is 2.25. The van der Waals surface area contributed by atoms with Gasteiger partial charge in [0, 0.05) is 37.0 Å². The van der Waals surface area contributed by atoms with Crippen molar-refractivity contribution < 1.29 is 0 Å². The molecule has 24 heavy (non-hydrogen) atoms. The molecule has 0 fully saturated rings. The summed E-state index contributed by atoms with van der Waals surface area (Å²) >= 11 is 0. The molecule has 3 aromatic rings. The van der Waals surface area contributed by atoms with Crippen LogP contribution in [0.25, 0.3) is 22.5 Å². The monoisotopic (exact) mass is 318 g/mol. The first-order chi connectivity index (χ1) is 11.6. The summed E-state index contributed by atoms with van der Waals surface area (Å²) in [5.41, 5.74) is 7.01. The van der Waals surface area contributed by atoms with Gasteiger partial charge in [-0.2, -0.15) is 0 Å². The molecule has 0 aliphatic carbocycles. The average molecular weight is 318 g/mol. The lowest BCUT2D eigenvalue weighted by Gasteiger charge is -2.31. The number of aromatic nitrogens is 3. The van der Waals surface area contributed by atoms with Gasteiger partial charge < -0.3 is 4.90 Å². The Morgan fingerprint density at radius 3 is 2.50 bits per heavy atom. The molecule has 0 amide bonds. The van der Waals surface area contributed by atoms with E-state index < -0.39 is 0 Å². The van der Waals surface area contributed by atoms with E-state index in [1.54, 1.807) is 0 Å². The van der Waals surface area contributed by atoms with Crippen LogP contribution in [0.2, 0.25) is 0 Å². The molecular formula is C20H22N4. The fourth-order valence-corrected chi connectivity index (χ4v) is 3.57. The highest BCUT2D eigenvalue weighted by molar-refractivity contribution is 5.87. The Morgan fingerprint density at radius 2 is 1.71 bits per heavy atom. The zero-order valence-corrected chi connectivity index (χ0v) is 14.4. The first kappa shape index (κ1) is 14.9. The molecule has 0 unspecified atom stereocenters. The van der Waals surface area contributed by atoms with Crippen LogP contribution in [0.3, 0.4) is 0 Å². The van der Waals surface area contributed by atoms with Gasteiger partial charge in [0.25, 0.3) is 0 Å². The van der Waals surface area contributed by atoms with Gasteiger partial charge in [0.05, 0.1) is 5.69 Å². The van der Waals surface area contributed by atoms with E-state index in [4.69, 9.17) is 0 Å². The molecule has 0 saturated carbocycles. The van der Waals surface area contributed by atoms with Gasteiger partial charge in [0.15, 0.2) is 0 Å². The zero-order valence-electron chi connectivity index (χ0n) is 14.4. The van der Waals surface area contributed by atoms with Crippen molar-refractivity contribution in [2.75, 3.05) is 11.4 Å². The number of benzene rings is 2. The number of aryl methyl sites for hydroxylation is 1. The Hall–Kier alpha value is -2.62. The summed E-state index contributed by atoms with van der Waals surface area (Å²) in [6.45, 7) is 6.44. The summed E-state index contributed by atoms with van der Waals surface area (Å²) in [6, 6.07) is 17.1. The predicted molar refractivity (Wildman–Crippen MR) is 97.8 cm³/mol. The van der Waals surface area contributed by atoms with Gasteiger partial charge in [-0.25, -0.2) is 4.68 Å². The van der Waals surface area contributed by atoms with Crippen molar-refractivity contribution in [3.63, 3.8) is 0 Å². The Morgan fingerprint density at radius 1 is 1.00 bits per heavy atom. The van der Waals surface area contributed by atoms with E-state index in [0.29, 0.717) is 5.92 Å². The molecule has 0 spiro atoms. The molecule has 1 aliphatic rings. The third-order valence-corrected chi connectivity index (χ3v) is 4.55. The first-order valence-electron chi connectivity index (χ1n) is 8.47. The van der Waals surface area contributed by atoms with Gasteiger partial charge in [-0.1, -0.05) is 61.5 Å². The second-order valence-electron chi connectivity index (χ2n) is 6.86. The van der Waals surface area contributed by atoms with E-state index in [1.165, 1.54) is 16.8 Å². The zero-order chi connectivity index (χ0) is 16.7. The van der Waals surface area contributed by atoms with Crippen molar-refractivity contribution in [3.8, 4) is 22.5 Å². The van der Waals surface area contributed by atoms with Crippen molar-refractivity contribution in [3.05, 3.63) is 54.1 Å². The average Bonchev–Trinajstić information content (AvgIpc) is 2.94. The van der Waals surface area contributed by atoms with E-state index in [-0.39, 0.29) is 0 Å². The smallest absolute Gasteiger partial charge is 0.123 e. The van der Waals surface area contributed by atoms with Crippen LogP contribution in [0.15, 0.2) is 48.5 Å². The number of anilines is 1. The fourth-order valence-electron chi connectivity index (χ4n) is 3.57. The summed E-state index contributed by atoms with van der Waals surface area (Å²) in [5, 5.41) is 8.81. The van der Waals surface area contributed by atoms with Crippen LogP contribution in [0.5, 0.6) is 0 Å². The molecule has 1 aliphatic heterocycles. The third kappa shape index (κ3) is 2.39. The van der Waals surface area contributed by atoms with Gasteiger partial charge >= 0.3 is 0 Å². The Kier molecular flexibility index (Phi) is 3.60. The van der Waals surface area contributed by atoms with Gasteiger partial charge in [-0.05, 0) is 17.5 Å². The van der Waals surface area contributed by atoms with Crippen LogP contribution < -0.4 is 4.90 Å². The van der Waals surface area contributed by atoms with Gasteiger partial charge in [-0.15, -0.1) is 5.10 Å². The van der Waals surface area contributed by atoms with E-state index in [1.807, 2.05) is 11.7 Å². The Bertz CT molecular complexity index is 879. The van der Waals surface area contributed by atoms with Crippen molar-refractivity contribution in [1.29, 1.82) is 0 Å². The Labute approximate surface area is 142 Å². The summed E-state index contributed by atoms with van der Waals surface area (Å²) in [7, 11) is 1.97. The minimum Gasteiger partial charge on any atom is -0.366 e. The molecule has 4 rings (SSSR count). The lowest BCUT2D eigenvalue weighted by molar-refractivity contribution is 0.609. The standard InChI is InChI=1S/C20H22N4/c1-14(2)12-24-13-15-8-4-5-9-16(15)20-19(21-22-23(20)3)17-10-6-7-11-18(17)24/h4-11,14H,12-13H2,1-3H3. The molecule has 0 saturated heterocycles.